The number of primary amides is 1. The first-order valence-corrected chi connectivity index (χ1v) is 27.9. The second kappa shape index (κ2) is 28.7. The van der Waals surface area contributed by atoms with Crippen molar-refractivity contribution in [3.8, 4) is 5.75 Å². The number of nitrogens with two attached hydrogens (primary N) is 4. The summed E-state index contributed by atoms with van der Waals surface area (Å²) in [7, 11) is 2.01. The summed E-state index contributed by atoms with van der Waals surface area (Å²) in [6.45, 7) is 4.83. The van der Waals surface area contributed by atoms with E-state index in [4.69, 9.17) is 22.9 Å². The van der Waals surface area contributed by atoms with Crippen LogP contribution in [0.4, 0.5) is 5.69 Å². The lowest BCUT2D eigenvalue weighted by Gasteiger charge is -2.29. The molecule has 406 valence electrons. The zero-order chi connectivity index (χ0) is 54.9. The maximum absolute atomic E-state index is 14.8. The molecule has 0 bridgehead atoms. The van der Waals surface area contributed by atoms with Gasteiger partial charge in [-0.15, -0.1) is 0 Å². The number of aromatic nitrogens is 1. The first-order chi connectivity index (χ1) is 35.6. The second-order valence-corrected chi connectivity index (χ2v) is 22.3. The number of amides is 8. The number of hydrogen-bond donors (Lipinski definition) is 14. The monoisotopic (exact) mass is 1190 g/mol. The summed E-state index contributed by atoms with van der Waals surface area (Å²) < 4.78 is 0.741. The van der Waals surface area contributed by atoms with Gasteiger partial charge < -0.3 is 75.3 Å². The minimum absolute atomic E-state index is 0.0547. The third kappa shape index (κ3) is 17.7. The second-order valence-electron chi connectivity index (χ2n) is 18.6. The van der Waals surface area contributed by atoms with Crippen LogP contribution < -0.4 is 60.2 Å². The van der Waals surface area contributed by atoms with Crippen LogP contribution in [-0.2, 0) is 57.6 Å². The van der Waals surface area contributed by atoms with Crippen LogP contribution in [0.25, 0.3) is 10.9 Å². The number of carbonyl (C=O) groups excluding carboxylic acids is 8. The molecule has 0 spiro atoms. The van der Waals surface area contributed by atoms with Crippen LogP contribution in [0.2, 0.25) is 0 Å². The quantitative estimate of drug-likeness (QED) is 0.0283. The number of nitrogens with one attached hydrogen (secondary N) is 8. The first-order valence-electron chi connectivity index (χ1n) is 24.3. The largest absolute Gasteiger partial charge is 0.508 e. The van der Waals surface area contributed by atoms with E-state index >= 15 is 0 Å². The number of anilines is 1. The van der Waals surface area contributed by atoms with Crippen LogP contribution >= 0.6 is 44.2 Å². The highest BCUT2D eigenvalue weighted by Gasteiger charge is 2.36. The highest BCUT2D eigenvalue weighted by molar-refractivity contribution is 14.1. The number of aromatic hydroxyl groups is 1. The zero-order valence-electron chi connectivity index (χ0n) is 41.7. The average Bonchev–Trinajstić information content (AvgIpc) is 3.77. The van der Waals surface area contributed by atoms with Crippen molar-refractivity contribution in [1.82, 2.24) is 42.2 Å². The topological polar surface area (TPSA) is 381 Å². The van der Waals surface area contributed by atoms with E-state index < -0.39 is 108 Å². The Morgan fingerprint density at radius 1 is 0.787 bits per heavy atom. The van der Waals surface area contributed by atoms with Crippen molar-refractivity contribution in [2.45, 2.75) is 114 Å². The molecule has 8 amide bonds. The van der Waals surface area contributed by atoms with Crippen LogP contribution in [0, 0.1) is 9.49 Å². The van der Waals surface area contributed by atoms with E-state index in [1.54, 1.807) is 50.4 Å². The van der Waals surface area contributed by atoms with Crippen molar-refractivity contribution >= 4 is 108 Å². The van der Waals surface area contributed by atoms with Gasteiger partial charge in [0.2, 0.25) is 47.3 Å². The predicted octanol–water partition coefficient (Wildman–Crippen LogP) is -0.145. The summed E-state index contributed by atoms with van der Waals surface area (Å²) in [6.07, 6.45) is 0.992. The molecule has 0 aliphatic carbocycles. The van der Waals surface area contributed by atoms with Crippen LogP contribution in [0.15, 0.2) is 72.9 Å². The van der Waals surface area contributed by atoms with Gasteiger partial charge in [-0.3, -0.25) is 38.4 Å². The fourth-order valence-corrected chi connectivity index (χ4v) is 10.9. The van der Waals surface area contributed by atoms with Crippen molar-refractivity contribution in [3.63, 3.8) is 0 Å². The van der Waals surface area contributed by atoms with Crippen molar-refractivity contribution in [2.75, 3.05) is 23.8 Å². The highest BCUT2D eigenvalue weighted by Crippen LogP contribution is 2.25. The number of aliphatic hydroxyl groups is 1. The molecule has 0 radical (unpaired) electrons. The van der Waals surface area contributed by atoms with E-state index in [-0.39, 0.29) is 49.5 Å². The number of carbonyl (C=O) groups is 8. The minimum Gasteiger partial charge on any atom is -0.508 e. The molecule has 1 aromatic heterocycles. The first kappa shape index (κ1) is 59.7. The van der Waals surface area contributed by atoms with Gasteiger partial charge >= 0.3 is 0 Å². The van der Waals surface area contributed by atoms with Gasteiger partial charge in [0.25, 0.3) is 0 Å². The number of halogens is 1. The van der Waals surface area contributed by atoms with Gasteiger partial charge in [0.1, 0.15) is 48.0 Å². The number of rotatable bonds is 17. The number of fused-ring (bicyclic) bond motifs is 1. The smallest absolute Gasteiger partial charge is 0.244 e. The molecule has 1 aliphatic heterocycles. The molecule has 9 atom stereocenters. The van der Waals surface area contributed by atoms with Crippen LogP contribution in [0.3, 0.4) is 0 Å². The molecule has 0 unspecified atom stereocenters. The highest BCUT2D eigenvalue weighted by atomic mass is 127. The molecule has 22 nitrogen and oxygen atoms in total. The van der Waals surface area contributed by atoms with E-state index in [0.29, 0.717) is 35.2 Å². The van der Waals surface area contributed by atoms with Crippen LogP contribution in [-0.4, -0.2) is 135 Å². The van der Waals surface area contributed by atoms with Gasteiger partial charge in [-0.05, 0) is 115 Å². The Morgan fingerprint density at radius 3 is 2.07 bits per heavy atom. The van der Waals surface area contributed by atoms with Crippen LogP contribution in [0.1, 0.15) is 56.7 Å². The Hall–Kier alpha value is -6.13. The molecule has 5 rings (SSSR count). The maximum atomic E-state index is 14.8. The number of unbranched alkanes of at least 4 members (excludes halogenated alkanes) is 1. The minimum atomic E-state index is -1.55. The molecule has 1 aliphatic rings. The number of aliphatic hydroxyl groups excluding tert-OH is 1. The van der Waals surface area contributed by atoms with Gasteiger partial charge in [0, 0.05) is 50.7 Å². The number of para-hydroxylation sites is 1. The third-order valence-electron chi connectivity index (χ3n) is 12.3. The Kier molecular flexibility index (Phi) is 22.8. The molecular formula is C50H67IN12O10S2. The number of aromatic amines is 1. The molecule has 3 aromatic carbocycles. The summed E-state index contributed by atoms with van der Waals surface area (Å²) in [5.41, 5.74) is 26.9. The third-order valence-corrected chi connectivity index (χ3v) is 15.7. The summed E-state index contributed by atoms with van der Waals surface area (Å²) >= 11 is 2.06. The lowest BCUT2D eigenvalue weighted by atomic mass is 10.00. The van der Waals surface area contributed by atoms with Crippen molar-refractivity contribution in [1.29, 1.82) is 0 Å². The van der Waals surface area contributed by atoms with E-state index in [2.05, 4.69) is 64.8 Å². The zero-order valence-corrected chi connectivity index (χ0v) is 45.5. The summed E-state index contributed by atoms with van der Waals surface area (Å²) in [5.74, 6) is -7.76. The Morgan fingerprint density at radius 2 is 1.41 bits per heavy atom. The summed E-state index contributed by atoms with van der Waals surface area (Å²) in [4.78, 5) is 116. The predicted molar refractivity (Wildman–Crippen MR) is 296 cm³/mol. The Labute approximate surface area is 455 Å². The number of phenolic OH excluding ortho intramolecular Hbond substituents is 1. The number of nitrogen functional groups attached to an aromatic ring is 1. The maximum Gasteiger partial charge on any atom is 0.244 e. The van der Waals surface area contributed by atoms with Crippen molar-refractivity contribution < 1.29 is 48.6 Å². The lowest BCUT2D eigenvalue weighted by Crippen LogP contribution is -2.62. The molecule has 4 aromatic rings. The molecular weight excluding hydrogens is 1120 g/mol. The van der Waals surface area contributed by atoms with E-state index in [1.807, 2.05) is 24.3 Å². The number of phenols is 1. The van der Waals surface area contributed by atoms with Gasteiger partial charge in [-0.25, -0.2) is 0 Å². The molecule has 0 saturated carbocycles. The summed E-state index contributed by atoms with van der Waals surface area (Å²) in [6, 6.07) is 7.50. The van der Waals surface area contributed by atoms with E-state index in [0.717, 1.165) is 36.1 Å². The molecule has 75 heavy (non-hydrogen) atoms. The standard InChI is InChI=1S/C50H67IN12O10S2/c1-25(2)41-50(73)61-40(49(72)63-42(26(3)64)43(55)66)24-75-74-23-39(60-44(67)34(54)19-28-13-16-33(53)32(51)18-28)48(71)58-37(20-27-11-14-30(65)15-12-27)46(69)59-38(21-29-22-56-35-9-5-4-8-31(29)35)47(70)57-36(45(68)62-41)10-6-7-17-52/h4-5,8-9,11-16,18,22,25-26,34,36-42,56,64-65H,6-7,10,17,19-21,23-24,52-54H2,1-3H3,(H2,55,66)(H,57,70)(H,58,71)(H,59,69)(H,60,67)(H,61,73)(H,62,68)(H,63,72)/t26-,34-,36+,37+,38-,39+,40+,41+,42+/m1/s1. The molecule has 18 N–H and O–H groups in total. The lowest BCUT2D eigenvalue weighted by molar-refractivity contribution is -0.136. The molecule has 25 heteroatoms. The van der Waals surface area contributed by atoms with Gasteiger partial charge in [0.05, 0.1) is 12.1 Å². The Balaban J connectivity index is 1.59. The average molecular weight is 1190 g/mol. The number of benzene rings is 3. The van der Waals surface area contributed by atoms with Gasteiger partial charge in [-0.1, -0.05) is 71.8 Å². The van der Waals surface area contributed by atoms with E-state index in [1.165, 1.54) is 19.1 Å². The molecule has 2 heterocycles. The SMILES string of the molecule is CC(C)[C@@H]1NC(=O)[C@H](CCCCN)NC(=O)[C@@H](Cc2c[nH]c3ccccc23)NC(=O)[C@H](Cc2ccc(O)cc2)NC(=O)[C@@H](NC(=O)[C@H](N)Cc2ccc(N)c(I)c2)CSSC[C@@H](C(=O)N[C@H](C(N)=O)[C@@H](C)O)NC1=O. The van der Waals surface area contributed by atoms with Crippen molar-refractivity contribution in [3.05, 3.63) is 93.2 Å². The van der Waals surface area contributed by atoms with Crippen molar-refractivity contribution in [2.24, 2.45) is 23.1 Å². The molecule has 1 saturated heterocycles. The fourth-order valence-electron chi connectivity index (χ4n) is 8.04. The van der Waals surface area contributed by atoms with Gasteiger partial charge in [-0.2, -0.15) is 0 Å². The van der Waals surface area contributed by atoms with Crippen LogP contribution in [0.5, 0.6) is 5.75 Å². The van der Waals surface area contributed by atoms with E-state index in [9.17, 15) is 48.6 Å². The fraction of sp³-hybridized carbons (Fsp3) is 0.440. The number of hydrogen-bond acceptors (Lipinski definition) is 15. The normalized spacial score (nSPS) is 21.8. The Bertz CT molecular complexity index is 2660. The summed E-state index contributed by atoms with van der Waals surface area (Å²) in [5, 5.41) is 40.0. The van der Waals surface area contributed by atoms with Gasteiger partial charge in [0.15, 0.2) is 0 Å². The number of H-pyrrole nitrogens is 1. The molecule has 1 fully saturated rings.